The number of hydrogen-bond donors (Lipinski definition) is 1. The van der Waals surface area contributed by atoms with Gasteiger partial charge in [0.15, 0.2) is 0 Å². The van der Waals surface area contributed by atoms with E-state index in [1.165, 1.54) is 5.52 Å². The molecule has 0 atom stereocenters. The van der Waals surface area contributed by atoms with E-state index < -0.39 is 0 Å². The summed E-state index contributed by atoms with van der Waals surface area (Å²) in [5.74, 6) is 1.68. The SMILES string of the molecule is CCn1c(CN2CCC(C(=O)N3CCN(NC)CC3)CC2)nc2ccccc21. The molecule has 0 radical (unpaired) electrons. The van der Waals surface area contributed by atoms with E-state index in [9.17, 15) is 4.79 Å². The van der Waals surface area contributed by atoms with E-state index in [1.807, 2.05) is 13.1 Å². The summed E-state index contributed by atoms with van der Waals surface area (Å²) in [6, 6.07) is 8.36. The second kappa shape index (κ2) is 8.59. The first kappa shape index (κ1) is 19.4. The van der Waals surface area contributed by atoms with Gasteiger partial charge in [-0.2, -0.15) is 0 Å². The second-order valence-electron chi connectivity index (χ2n) is 7.85. The number of piperazine rings is 1. The molecule has 0 spiro atoms. The lowest BCUT2D eigenvalue weighted by molar-refractivity contribution is -0.139. The molecule has 28 heavy (non-hydrogen) atoms. The van der Waals surface area contributed by atoms with Crippen LogP contribution in [-0.2, 0) is 17.9 Å². The Balaban J connectivity index is 1.33. The average Bonchev–Trinajstić information content (AvgIpc) is 3.10. The van der Waals surface area contributed by atoms with Crippen LogP contribution in [0.2, 0.25) is 0 Å². The minimum atomic E-state index is 0.183. The van der Waals surface area contributed by atoms with Gasteiger partial charge in [0.25, 0.3) is 0 Å². The summed E-state index contributed by atoms with van der Waals surface area (Å²) in [5, 5.41) is 2.17. The number of rotatable bonds is 5. The van der Waals surface area contributed by atoms with Crippen LogP contribution in [-0.4, -0.2) is 76.6 Å². The summed E-state index contributed by atoms with van der Waals surface area (Å²) in [4.78, 5) is 22.3. The Hall–Kier alpha value is -1.96. The Morgan fingerprint density at radius 2 is 1.82 bits per heavy atom. The lowest BCUT2D eigenvalue weighted by atomic mass is 9.95. The van der Waals surface area contributed by atoms with E-state index in [4.69, 9.17) is 4.98 Å². The zero-order valence-electron chi connectivity index (χ0n) is 17.1. The van der Waals surface area contributed by atoms with Crippen molar-refractivity contribution < 1.29 is 4.79 Å². The van der Waals surface area contributed by atoms with Gasteiger partial charge in [0.1, 0.15) is 5.82 Å². The smallest absolute Gasteiger partial charge is 0.225 e. The fraction of sp³-hybridized carbons (Fsp3) is 0.619. The van der Waals surface area contributed by atoms with Crippen LogP contribution in [0.5, 0.6) is 0 Å². The number of hydrazine groups is 1. The topological polar surface area (TPSA) is 56.6 Å². The number of aryl methyl sites for hydroxylation is 1. The van der Waals surface area contributed by atoms with Gasteiger partial charge in [-0.25, -0.2) is 9.99 Å². The van der Waals surface area contributed by atoms with E-state index in [0.717, 1.165) is 76.5 Å². The molecular formula is C21H32N6O. The highest BCUT2D eigenvalue weighted by Crippen LogP contribution is 2.23. The number of amides is 1. The van der Waals surface area contributed by atoms with Crippen molar-refractivity contribution in [3.05, 3.63) is 30.1 Å². The van der Waals surface area contributed by atoms with Gasteiger partial charge in [-0.05, 0) is 52.0 Å². The molecule has 4 rings (SSSR count). The van der Waals surface area contributed by atoms with Crippen molar-refractivity contribution in [2.24, 2.45) is 5.92 Å². The zero-order valence-corrected chi connectivity index (χ0v) is 17.1. The van der Waals surface area contributed by atoms with Gasteiger partial charge < -0.3 is 9.47 Å². The number of aromatic nitrogens is 2. The molecule has 3 heterocycles. The van der Waals surface area contributed by atoms with Gasteiger partial charge in [0.05, 0.1) is 17.6 Å². The molecule has 1 aromatic heterocycles. The molecule has 0 aliphatic carbocycles. The molecule has 2 aliphatic heterocycles. The summed E-state index contributed by atoms with van der Waals surface area (Å²) in [5.41, 5.74) is 5.46. The number of hydrogen-bond acceptors (Lipinski definition) is 5. The summed E-state index contributed by atoms with van der Waals surface area (Å²) in [6.45, 7) is 9.41. The lowest BCUT2D eigenvalue weighted by Gasteiger charge is -2.38. The minimum absolute atomic E-state index is 0.183. The predicted molar refractivity (Wildman–Crippen MR) is 111 cm³/mol. The monoisotopic (exact) mass is 384 g/mol. The highest BCUT2D eigenvalue weighted by atomic mass is 16.2. The molecule has 2 aromatic rings. The van der Waals surface area contributed by atoms with Gasteiger partial charge in [-0.3, -0.25) is 15.1 Å². The number of nitrogens with one attached hydrogen (secondary N) is 1. The van der Waals surface area contributed by atoms with Crippen molar-refractivity contribution in [1.82, 2.24) is 29.8 Å². The lowest BCUT2D eigenvalue weighted by Crippen LogP contribution is -2.54. The molecule has 0 bridgehead atoms. The predicted octanol–water partition coefficient (Wildman–Crippen LogP) is 1.55. The molecule has 0 unspecified atom stereocenters. The van der Waals surface area contributed by atoms with Crippen LogP contribution < -0.4 is 5.43 Å². The standard InChI is InChI=1S/C21H32N6O/c1-3-27-19-7-5-4-6-18(19)23-20(27)16-24-10-8-17(9-11-24)21(28)25-12-14-26(22-2)15-13-25/h4-7,17,22H,3,8-16H2,1-2H3. The third kappa shape index (κ3) is 3.92. The summed E-state index contributed by atoms with van der Waals surface area (Å²) in [6.07, 6.45) is 1.91. The average molecular weight is 385 g/mol. The number of nitrogens with zero attached hydrogens (tertiary/aromatic N) is 5. The summed E-state index contributed by atoms with van der Waals surface area (Å²) >= 11 is 0. The van der Waals surface area contributed by atoms with Gasteiger partial charge >= 0.3 is 0 Å². The highest BCUT2D eigenvalue weighted by Gasteiger charge is 2.30. The number of benzene rings is 1. The van der Waals surface area contributed by atoms with Crippen molar-refractivity contribution in [3.8, 4) is 0 Å². The first-order valence-corrected chi connectivity index (χ1v) is 10.6. The minimum Gasteiger partial charge on any atom is -0.340 e. The fourth-order valence-corrected chi connectivity index (χ4v) is 4.55. The Labute approximate surface area is 167 Å². The third-order valence-electron chi connectivity index (χ3n) is 6.26. The molecule has 0 saturated carbocycles. The molecule has 1 amide bonds. The van der Waals surface area contributed by atoms with Gasteiger partial charge in [-0.1, -0.05) is 12.1 Å². The number of likely N-dealkylation sites (tertiary alicyclic amines) is 1. The Bertz CT molecular complexity index is 802. The molecule has 2 fully saturated rings. The van der Waals surface area contributed by atoms with Crippen molar-refractivity contribution in [3.63, 3.8) is 0 Å². The fourth-order valence-electron chi connectivity index (χ4n) is 4.55. The normalized spacial score (nSPS) is 20.1. The second-order valence-corrected chi connectivity index (χ2v) is 7.85. The number of imidazole rings is 1. The number of para-hydroxylation sites is 2. The molecule has 7 nitrogen and oxygen atoms in total. The van der Waals surface area contributed by atoms with Crippen LogP contribution in [0.1, 0.15) is 25.6 Å². The molecule has 2 saturated heterocycles. The Morgan fingerprint density at radius 1 is 1.11 bits per heavy atom. The van der Waals surface area contributed by atoms with E-state index in [2.05, 4.69) is 49.9 Å². The van der Waals surface area contributed by atoms with Gasteiger partial charge in [0.2, 0.25) is 5.91 Å². The number of carbonyl (C=O) groups is 1. The maximum atomic E-state index is 12.9. The van der Waals surface area contributed by atoms with Crippen molar-refractivity contribution in [2.75, 3.05) is 46.3 Å². The van der Waals surface area contributed by atoms with Crippen molar-refractivity contribution >= 4 is 16.9 Å². The van der Waals surface area contributed by atoms with E-state index in [1.54, 1.807) is 0 Å². The van der Waals surface area contributed by atoms with Crippen LogP contribution in [0.25, 0.3) is 11.0 Å². The molecule has 1 aromatic carbocycles. The number of piperidine rings is 1. The number of carbonyl (C=O) groups excluding carboxylic acids is 1. The quantitative estimate of drug-likeness (QED) is 0.848. The van der Waals surface area contributed by atoms with E-state index >= 15 is 0 Å². The van der Waals surface area contributed by atoms with E-state index in [0.29, 0.717) is 5.91 Å². The van der Waals surface area contributed by atoms with Crippen molar-refractivity contribution in [1.29, 1.82) is 0 Å². The van der Waals surface area contributed by atoms with Gasteiger partial charge in [0, 0.05) is 38.6 Å². The summed E-state index contributed by atoms with van der Waals surface area (Å²) < 4.78 is 2.31. The first-order chi connectivity index (χ1) is 13.7. The number of fused-ring (bicyclic) bond motifs is 1. The molecular weight excluding hydrogens is 352 g/mol. The molecule has 1 N–H and O–H groups in total. The van der Waals surface area contributed by atoms with E-state index in [-0.39, 0.29) is 5.92 Å². The molecule has 7 heteroatoms. The van der Waals surface area contributed by atoms with Gasteiger partial charge in [-0.15, -0.1) is 0 Å². The summed E-state index contributed by atoms with van der Waals surface area (Å²) in [7, 11) is 1.94. The van der Waals surface area contributed by atoms with Crippen LogP contribution in [0.4, 0.5) is 0 Å². The highest BCUT2D eigenvalue weighted by molar-refractivity contribution is 5.79. The van der Waals surface area contributed by atoms with Crippen LogP contribution in [0, 0.1) is 5.92 Å². The maximum Gasteiger partial charge on any atom is 0.225 e. The zero-order chi connectivity index (χ0) is 19.5. The maximum absolute atomic E-state index is 12.9. The first-order valence-electron chi connectivity index (χ1n) is 10.6. The van der Waals surface area contributed by atoms with Crippen LogP contribution in [0.15, 0.2) is 24.3 Å². The van der Waals surface area contributed by atoms with Crippen molar-refractivity contribution in [2.45, 2.75) is 32.9 Å². The van der Waals surface area contributed by atoms with Crippen LogP contribution in [0.3, 0.4) is 0 Å². The third-order valence-corrected chi connectivity index (χ3v) is 6.26. The largest absolute Gasteiger partial charge is 0.340 e. The molecule has 2 aliphatic rings. The Kier molecular flexibility index (Phi) is 5.94. The molecule has 152 valence electrons. The Morgan fingerprint density at radius 3 is 2.50 bits per heavy atom. The van der Waals surface area contributed by atoms with Crippen LogP contribution >= 0.6 is 0 Å².